The zero-order valence-corrected chi connectivity index (χ0v) is 16.8. The van der Waals surface area contributed by atoms with E-state index in [1.165, 1.54) is 24.3 Å². The Balaban J connectivity index is 1.64. The lowest BCUT2D eigenvalue weighted by Gasteiger charge is -2.09. The number of nitrogens with one attached hydrogen (secondary N) is 2. The van der Waals surface area contributed by atoms with Crippen LogP contribution < -0.4 is 10.6 Å². The Kier molecular flexibility index (Phi) is 6.41. The smallest absolute Gasteiger partial charge is 0.257 e. The predicted molar refractivity (Wildman–Crippen MR) is 109 cm³/mol. The Morgan fingerprint density at radius 2 is 1.59 bits per heavy atom. The first kappa shape index (κ1) is 20.7. The summed E-state index contributed by atoms with van der Waals surface area (Å²) in [7, 11) is 0. The molecule has 1 heterocycles. The van der Waals surface area contributed by atoms with Crippen molar-refractivity contribution in [2.45, 2.75) is 6.92 Å². The van der Waals surface area contributed by atoms with Gasteiger partial charge in [-0.1, -0.05) is 34.4 Å². The first-order valence-electron chi connectivity index (χ1n) is 8.64. The third kappa shape index (κ3) is 4.70. The number of carbonyl (C=O) groups excluding carboxylic acids is 2. The highest BCUT2D eigenvalue weighted by molar-refractivity contribution is 6.39. The molecule has 0 fully saturated rings. The van der Waals surface area contributed by atoms with Gasteiger partial charge in [0.2, 0.25) is 0 Å². The summed E-state index contributed by atoms with van der Waals surface area (Å²) >= 11 is 12.4. The van der Waals surface area contributed by atoms with Gasteiger partial charge in [0.15, 0.2) is 0 Å². The van der Waals surface area contributed by atoms with Crippen LogP contribution >= 0.6 is 23.2 Å². The van der Waals surface area contributed by atoms with Crippen molar-refractivity contribution in [3.8, 4) is 17.0 Å². The van der Waals surface area contributed by atoms with Gasteiger partial charge >= 0.3 is 0 Å². The molecule has 0 spiro atoms. The molecule has 0 aliphatic heterocycles. The van der Waals surface area contributed by atoms with Gasteiger partial charge in [0.25, 0.3) is 11.8 Å². The zero-order chi connectivity index (χ0) is 21.0. The number of carbonyl (C=O) groups is 2. The molecule has 0 unspecified atom stereocenters. The standard InChI is InChI=1S/C20H17Cl2N3O4/c1-11-16(18(25-29-11)17-14(21)3-2-4-15(17)22)20(28)24-10-9-23-19(27)12-5-7-13(26)8-6-12/h2-8,26H,9-10H2,1H3,(H,23,27)(H,24,28). The molecule has 0 atom stereocenters. The molecule has 2 aromatic carbocycles. The summed E-state index contributed by atoms with van der Waals surface area (Å²) in [5, 5.41) is 19.3. The maximum absolute atomic E-state index is 12.7. The Bertz CT molecular complexity index is 1030. The van der Waals surface area contributed by atoms with E-state index in [2.05, 4.69) is 15.8 Å². The van der Waals surface area contributed by atoms with E-state index in [0.717, 1.165) is 0 Å². The highest BCUT2D eigenvalue weighted by Crippen LogP contribution is 2.36. The summed E-state index contributed by atoms with van der Waals surface area (Å²) in [5.74, 6) is -0.341. The van der Waals surface area contributed by atoms with Gasteiger partial charge in [0.1, 0.15) is 22.8 Å². The van der Waals surface area contributed by atoms with E-state index in [1.54, 1.807) is 25.1 Å². The van der Waals surface area contributed by atoms with Gasteiger partial charge < -0.3 is 20.3 Å². The van der Waals surface area contributed by atoms with E-state index in [9.17, 15) is 14.7 Å². The normalized spacial score (nSPS) is 10.6. The predicted octanol–water partition coefficient (Wildman–Crippen LogP) is 3.82. The van der Waals surface area contributed by atoms with Gasteiger partial charge in [0, 0.05) is 24.2 Å². The van der Waals surface area contributed by atoms with Crippen molar-refractivity contribution in [2.24, 2.45) is 0 Å². The molecule has 1 aromatic heterocycles. The van der Waals surface area contributed by atoms with Crippen molar-refractivity contribution < 1.29 is 19.2 Å². The van der Waals surface area contributed by atoms with Crippen molar-refractivity contribution in [1.82, 2.24) is 15.8 Å². The number of halogens is 2. The quantitative estimate of drug-likeness (QED) is 0.512. The van der Waals surface area contributed by atoms with Crippen LogP contribution in [0.15, 0.2) is 47.0 Å². The molecule has 0 saturated carbocycles. The van der Waals surface area contributed by atoms with Crippen molar-refractivity contribution in [2.75, 3.05) is 13.1 Å². The molecule has 29 heavy (non-hydrogen) atoms. The van der Waals surface area contributed by atoms with E-state index < -0.39 is 5.91 Å². The summed E-state index contributed by atoms with van der Waals surface area (Å²) in [5.41, 5.74) is 1.30. The maximum Gasteiger partial charge on any atom is 0.257 e. The topological polar surface area (TPSA) is 104 Å². The average molecular weight is 434 g/mol. The molecule has 0 radical (unpaired) electrons. The molecule has 3 rings (SSSR count). The van der Waals surface area contributed by atoms with Crippen LogP contribution in [0.4, 0.5) is 0 Å². The number of rotatable bonds is 6. The minimum atomic E-state index is -0.423. The van der Waals surface area contributed by atoms with Crippen LogP contribution in [-0.2, 0) is 0 Å². The number of nitrogens with zero attached hydrogens (tertiary/aromatic N) is 1. The lowest BCUT2D eigenvalue weighted by atomic mass is 10.1. The second-order valence-electron chi connectivity index (χ2n) is 6.12. The monoisotopic (exact) mass is 433 g/mol. The van der Waals surface area contributed by atoms with Crippen LogP contribution in [0.25, 0.3) is 11.3 Å². The number of amides is 2. The summed E-state index contributed by atoms with van der Waals surface area (Å²) in [6, 6.07) is 10.8. The minimum Gasteiger partial charge on any atom is -0.508 e. The summed E-state index contributed by atoms with van der Waals surface area (Å²) in [6.45, 7) is 2.00. The van der Waals surface area contributed by atoms with Crippen molar-refractivity contribution in [1.29, 1.82) is 0 Å². The third-order valence-corrected chi connectivity index (χ3v) is 4.74. The molecule has 0 saturated heterocycles. The summed E-state index contributed by atoms with van der Waals surface area (Å²) in [6.07, 6.45) is 0. The zero-order valence-electron chi connectivity index (χ0n) is 15.3. The molecular formula is C20H17Cl2N3O4. The fourth-order valence-corrected chi connectivity index (χ4v) is 3.27. The van der Waals surface area contributed by atoms with E-state index in [4.69, 9.17) is 27.7 Å². The van der Waals surface area contributed by atoms with E-state index in [0.29, 0.717) is 26.9 Å². The van der Waals surface area contributed by atoms with Crippen LogP contribution in [0.5, 0.6) is 5.75 Å². The van der Waals surface area contributed by atoms with Gasteiger partial charge in [-0.25, -0.2) is 0 Å². The number of hydrogen-bond acceptors (Lipinski definition) is 5. The number of phenols is 1. The van der Waals surface area contributed by atoms with Gasteiger partial charge in [-0.2, -0.15) is 0 Å². The number of aromatic nitrogens is 1. The van der Waals surface area contributed by atoms with Crippen LogP contribution in [0.3, 0.4) is 0 Å². The Hall–Kier alpha value is -3.03. The number of hydrogen-bond donors (Lipinski definition) is 3. The fourth-order valence-electron chi connectivity index (χ4n) is 2.69. The largest absolute Gasteiger partial charge is 0.508 e. The minimum absolute atomic E-state index is 0.0762. The van der Waals surface area contributed by atoms with E-state index >= 15 is 0 Å². The highest BCUT2D eigenvalue weighted by atomic mass is 35.5. The number of aromatic hydroxyl groups is 1. The Morgan fingerprint density at radius 3 is 2.21 bits per heavy atom. The van der Waals surface area contributed by atoms with Gasteiger partial charge in [-0.3, -0.25) is 9.59 Å². The van der Waals surface area contributed by atoms with E-state index in [1.807, 2.05) is 0 Å². The first-order chi connectivity index (χ1) is 13.9. The lowest BCUT2D eigenvalue weighted by molar-refractivity contribution is 0.0927. The molecule has 0 bridgehead atoms. The average Bonchev–Trinajstić information content (AvgIpc) is 3.06. The third-order valence-electron chi connectivity index (χ3n) is 4.11. The van der Waals surface area contributed by atoms with Crippen molar-refractivity contribution >= 4 is 35.0 Å². The van der Waals surface area contributed by atoms with Gasteiger partial charge in [-0.15, -0.1) is 0 Å². The second kappa shape index (κ2) is 8.98. The molecule has 2 amide bonds. The van der Waals surface area contributed by atoms with E-state index in [-0.39, 0.29) is 36.0 Å². The van der Waals surface area contributed by atoms with Gasteiger partial charge in [0.05, 0.1) is 10.0 Å². The summed E-state index contributed by atoms with van der Waals surface area (Å²) < 4.78 is 5.17. The molecule has 3 N–H and O–H groups in total. The first-order valence-corrected chi connectivity index (χ1v) is 9.40. The molecular weight excluding hydrogens is 417 g/mol. The lowest BCUT2D eigenvalue weighted by Crippen LogP contribution is -2.35. The number of aryl methyl sites for hydroxylation is 1. The molecule has 9 heteroatoms. The molecule has 7 nitrogen and oxygen atoms in total. The highest BCUT2D eigenvalue weighted by Gasteiger charge is 2.24. The summed E-state index contributed by atoms with van der Waals surface area (Å²) in [4.78, 5) is 24.7. The maximum atomic E-state index is 12.7. The Labute approximate surface area is 176 Å². The van der Waals surface area contributed by atoms with Crippen molar-refractivity contribution in [3.05, 3.63) is 69.4 Å². The number of benzene rings is 2. The Morgan fingerprint density at radius 1 is 1.00 bits per heavy atom. The van der Waals surface area contributed by atoms with Crippen LogP contribution in [-0.4, -0.2) is 35.2 Å². The molecule has 3 aromatic rings. The number of phenolic OH excluding ortho intramolecular Hbond substituents is 1. The fraction of sp³-hybridized carbons (Fsp3) is 0.150. The van der Waals surface area contributed by atoms with Crippen LogP contribution in [0.2, 0.25) is 10.0 Å². The molecule has 0 aliphatic rings. The SMILES string of the molecule is Cc1onc(-c2c(Cl)cccc2Cl)c1C(=O)NCCNC(=O)c1ccc(O)cc1. The van der Waals surface area contributed by atoms with Crippen LogP contribution in [0.1, 0.15) is 26.5 Å². The molecule has 0 aliphatic carbocycles. The second-order valence-corrected chi connectivity index (χ2v) is 6.93. The molecule has 150 valence electrons. The van der Waals surface area contributed by atoms with Crippen LogP contribution in [0, 0.1) is 6.92 Å². The van der Waals surface area contributed by atoms with Gasteiger partial charge in [-0.05, 0) is 43.3 Å². The van der Waals surface area contributed by atoms with Crippen molar-refractivity contribution in [3.63, 3.8) is 0 Å².